The van der Waals surface area contributed by atoms with E-state index in [2.05, 4.69) is 25.7 Å². The van der Waals surface area contributed by atoms with E-state index in [4.69, 9.17) is 4.52 Å². The minimum atomic E-state index is -4.45. The van der Waals surface area contributed by atoms with Gasteiger partial charge in [-0.25, -0.2) is 4.79 Å². The van der Waals surface area contributed by atoms with Gasteiger partial charge in [0.15, 0.2) is 0 Å². The topological polar surface area (TPSA) is 104 Å². The average Bonchev–Trinajstić information content (AvgIpc) is 3.29. The number of nitrogens with one attached hydrogen (secondary N) is 2. The molecule has 3 amide bonds. The van der Waals surface area contributed by atoms with Crippen molar-refractivity contribution in [1.82, 2.24) is 30.6 Å². The Morgan fingerprint density at radius 3 is 2.62 bits per heavy atom. The maximum absolute atomic E-state index is 13.0. The summed E-state index contributed by atoms with van der Waals surface area (Å²) in [5.74, 6) is 0.0425. The van der Waals surface area contributed by atoms with Crippen molar-refractivity contribution < 1.29 is 27.3 Å². The summed E-state index contributed by atoms with van der Waals surface area (Å²) in [6, 6.07) is 4.06. The number of benzene rings is 1. The van der Waals surface area contributed by atoms with Gasteiger partial charge in [0.05, 0.1) is 18.2 Å². The second kappa shape index (κ2) is 11.4. The summed E-state index contributed by atoms with van der Waals surface area (Å²) in [6.45, 7) is 6.98. The predicted octanol–water partition coefficient (Wildman–Crippen LogP) is 3.06. The molecule has 2 heterocycles. The maximum Gasteiger partial charge on any atom is 0.416 e. The number of hydrogen-bond donors (Lipinski definition) is 2. The Balaban J connectivity index is 1.50. The minimum Gasteiger partial charge on any atom is -0.338 e. The number of aromatic nitrogens is 2. The van der Waals surface area contributed by atoms with Gasteiger partial charge in [0, 0.05) is 38.3 Å². The van der Waals surface area contributed by atoms with Gasteiger partial charge < -0.3 is 9.84 Å². The van der Waals surface area contributed by atoms with E-state index in [0.717, 1.165) is 25.0 Å². The Morgan fingerprint density at radius 2 is 1.94 bits per heavy atom. The zero-order chi connectivity index (χ0) is 24.7. The number of nitrogens with zero attached hydrogens (tertiary/aromatic N) is 4. The molecule has 2 aromatic rings. The molecule has 12 heteroatoms. The number of carbonyl (C=O) groups excluding carboxylic acids is 2. The minimum absolute atomic E-state index is 0.0977. The first kappa shape index (κ1) is 25.6. The van der Waals surface area contributed by atoms with Crippen molar-refractivity contribution >= 4 is 11.9 Å². The third kappa shape index (κ3) is 7.00. The SMILES string of the molecule is CCCCNC(=O)NC(=O)CN1CCN(C(C)c2nc(-c3cccc(C(F)(F)F)c3)no2)CC1. The zero-order valence-corrected chi connectivity index (χ0v) is 19.2. The van der Waals surface area contributed by atoms with Crippen molar-refractivity contribution in [2.75, 3.05) is 39.3 Å². The van der Waals surface area contributed by atoms with Crippen LogP contribution in [0.3, 0.4) is 0 Å². The molecule has 1 fully saturated rings. The number of unbranched alkanes of at least 4 members (excludes halogenated alkanes) is 1. The van der Waals surface area contributed by atoms with E-state index in [1.807, 2.05) is 18.7 Å². The number of imide groups is 1. The lowest BCUT2D eigenvalue weighted by atomic mass is 10.1. The van der Waals surface area contributed by atoms with Crippen LogP contribution < -0.4 is 10.6 Å². The largest absolute Gasteiger partial charge is 0.416 e. The van der Waals surface area contributed by atoms with Crippen molar-refractivity contribution in [3.63, 3.8) is 0 Å². The first-order valence-corrected chi connectivity index (χ1v) is 11.2. The Hall–Kier alpha value is -2.99. The van der Waals surface area contributed by atoms with E-state index < -0.39 is 17.8 Å². The van der Waals surface area contributed by atoms with Crippen LogP contribution in [-0.4, -0.2) is 71.1 Å². The third-order valence-corrected chi connectivity index (χ3v) is 5.64. The van der Waals surface area contributed by atoms with Crippen LogP contribution in [0.2, 0.25) is 0 Å². The fourth-order valence-corrected chi connectivity index (χ4v) is 3.61. The number of rotatable bonds is 8. The molecule has 0 spiro atoms. The monoisotopic (exact) mass is 482 g/mol. The standard InChI is InChI=1S/C22H29F3N6O3/c1-3-4-8-26-21(33)27-18(32)14-30-9-11-31(12-10-30)15(2)20-28-19(29-34-20)16-6-5-7-17(13-16)22(23,24)25/h5-7,13,15H,3-4,8-12,14H2,1-2H3,(H2,26,27,32,33). The maximum atomic E-state index is 13.0. The van der Waals surface area contributed by atoms with Crippen molar-refractivity contribution in [1.29, 1.82) is 0 Å². The normalized spacial score (nSPS) is 16.3. The van der Waals surface area contributed by atoms with E-state index in [0.29, 0.717) is 38.6 Å². The molecule has 0 saturated carbocycles. The summed E-state index contributed by atoms with van der Waals surface area (Å²) >= 11 is 0. The lowest BCUT2D eigenvalue weighted by Gasteiger charge is -2.36. The van der Waals surface area contributed by atoms with Crippen molar-refractivity contribution in [2.24, 2.45) is 0 Å². The van der Waals surface area contributed by atoms with Gasteiger partial charge in [0.25, 0.3) is 0 Å². The smallest absolute Gasteiger partial charge is 0.338 e. The Labute approximate surface area is 195 Å². The van der Waals surface area contributed by atoms with E-state index in [-0.39, 0.29) is 29.9 Å². The summed E-state index contributed by atoms with van der Waals surface area (Å²) in [7, 11) is 0. The lowest BCUT2D eigenvalue weighted by molar-refractivity contribution is -0.137. The van der Waals surface area contributed by atoms with Crippen LogP contribution in [0.4, 0.5) is 18.0 Å². The molecule has 9 nitrogen and oxygen atoms in total. The highest BCUT2D eigenvalue weighted by Crippen LogP contribution is 2.32. The van der Waals surface area contributed by atoms with Gasteiger partial charge in [0.2, 0.25) is 17.6 Å². The number of piperazine rings is 1. The highest BCUT2D eigenvalue weighted by Gasteiger charge is 2.31. The molecule has 0 aliphatic carbocycles. The van der Waals surface area contributed by atoms with Gasteiger partial charge >= 0.3 is 12.2 Å². The second-order valence-electron chi connectivity index (χ2n) is 8.18. The summed E-state index contributed by atoms with van der Waals surface area (Å²) in [5, 5.41) is 8.82. The van der Waals surface area contributed by atoms with Crippen LogP contribution in [0.1, 0.15) is 44.2 Å². The molecule has 1 aliphatic heterocycles. The zero-order valence-electron chi connectivity index (χ0n) is 19.2. The van der Waals surface area contributed by atoms with Gasteiger partial charge in [-0.1, -0.05) is 30.6 Å². The molecule has 0 radical (unpaired) electrons. The van der Waals surface area contributed by atoms with Crippen LogP contribution in [0, 0.1) is 0 Å². The summed E-state index contributed by atoms with van der Waals surface area (Å²) in [6.07, 6.45) is -2.65. The van der Waals surface area contributed by atoms with Crippen LogP contribution in [0.15, 0.2) is 28.8 Å². The number of hydrogen-bond acceptors (Lipinski definition) is 7. The second-order valence-corrected chi connectivity index (χ2v) is 8.18. The molecular weight excluding hydrogens is 453 g/mol. The highest BCUT2D eigenvalue weighted by molar-refractivity contribution is 5.95. The number of urea groups is 1. The van der Waals surface area contributed by atoms with Gasteiger partial charge in [0.1, 0.15) is 0 Å². The molecular formula is C22H29F3N6O3. The summed E-state index contributed by atoms with van der Waals surface area (Å²) < 4.78 is 44.3. The molecule has 2 N–H and O–H groups in total. The molecule has 186 valence electrons. The molecule has 1 aromatic heterocycles. The van der Waals surface area contributed by atoms with E-state index in [1.165, 1.54) is 12.1 Å². The van der Waals surface area contributed by atoms with Crippen LogP contribution in [-0.2, 0) is 11.0 Å². The average molecular weight is 483 g/mol. The molecule has 1 aromatic carbocycles. The van der Waals surface area contributed by atoms with Crippen molar-refractivity contribution in [3.05, 3.63) is 35.7 Å². The van der Waals surface area contributed by atoms with Crippen LogP contribution >= 0.6 is 0 Å². The quantitative estimate of drug-likeness (QED) is 0.558. The van der Waals surface area contributed by atoms with Gasteiger partial charge in [-0.3, -0.25) is 19.9 Å². The van der Waals surface area contributed by atoms with Crippen molar-refractivity contribution in [2.45, 2.75) is 38.9 Å². The molecule has 3 rings (SSSR count). The van der Waals surface area contributed by atoms with E-state index >= 15 is 0 Å². The Bertz CT molecular complexity index is 973. The molecule has 0 bridgehead atoms. The molecule has 1 saturated heterocycles. The lowest BCUT2D eigenvalue weighted by Crippen LogP contribution is -2.51. The van der Waals surface area contributed by atoms with Gasteiger partial charge in [-0.15, -0.1) is 0 Å². The van der Waals surface area contributed by atoms with Crippen LogP contribution in [0.25, 0.3) is 11.4 Å². The number of amides is 3. The van der Waals surface area contributed by atoms with E-state index in [9.17, 15) is 22.8 Å². The molecule has 1 unspecified atom stereocenters. The van der Waals surface area contributed by atoms with E-state index in [1.54, 1.807) is 0 Å². The number of alkyl halides is 3. The first-order valence-electron chi connectivity index (χ1n) is 11.2. The summed E-state index contributed by atoms with van der Waals surface area (Å²) in [5.41, 5.74) is -0.547. The van der Waals surface area contributed by atoms with Gasteiger partial charge in [-0.05, 0) is 25.5 Å². The molecule has 1 aliphatic rings. The molecule has 1 atom stereocenters. The first-order chi connectivity index (χ1) is 16.2. The van der Waals surface area contributed by atoms with Crippen molar-refractivity contribution in [3.8, 4) is 11.4 Å². The third-order valence-electron chi connectivity index (χ3n) is 5.64. The van der Waals surface area contributed by atoms with Gasteiger partial charge in [-0.2, -0.15) is 18.2 Å². The molecule has 34 heavy (non-hydrogen) atoms. The number of halogens is 3. The Kier molecular flexibility index (Phi) is 8.61. The predicted molar refractivity (Wildman–Crippen MR) is 118 cm³/mol. The fraction of sp³-hybridized carbons (Fsp3) is 0.545. The Morgan fingerprint density at radius 1 is 1.21 bits per heavy atom. The van der Waals surface area contributed by atoms with Crippen LogP contribution in [0.5, 0.6) is 0 Å². The highest BCUT2D eigenvalue weighted by atomic mass is 19.4. The number of carbonyl (C=O) groups is 2. The summed E-state index contributed by atoms with van der Waals surface area (Å²) in [4.78, 5) is 32.1. The fourth-order valence-electron chi connectivity index (χ4n) is 3.61.